The first-order chi connectivity index (χ1) is 10.7. The summed E-state index contributed by atoms with van der Waals surface area (Å²) in [6.45, 7) is 2.60. The van der Waals surface area contributed by atoms with Crippen LogP contribution in [0.1, 0.15) is 28.1 Å². The van der Waals surface area contributed by atoms with Gasteiger partial charge in [0.25, 0.3) is 5.91 Å². The minimum Gasteiger partial charge on any atom is -0.326 e. The van der Waals surface area contributed by atoms with Crippen molar-refractivity contribution in [2.24, 2.45) is 0 Å². The van der Waals surface area contributed by atoms with Crippen molar-refractivity contribution in [2.75, 3.05) is 11.9 Å². The van der Waals surface area contributed by atoms with Crippen LogP contribution in [-0.2, 0) is 4.79 Å². The van der Waals surface area contributed by atoms with E-state index in [0.29, 0.717) is 11.4 Å². The molecule has 0 radical (unpaired) electrons. The van der Waals surface area contributed by atoms with Gasteiger partial charge in [0.05, 0.1) is 4.88 Å². The van der Waals surface area contributed by atoms with Gasteiger partial charge in [-0.1, -0.05) is 24.3 Å². The van der Waals surface area contributed by atoms with E-state index in [-0.39, 0.29) is 17.9 Å². The average Bonchev–Trinajstić information content (AvgIpc) is 3.20. The summed E-state index contributed by atoms with van der Waals surface area (Å²) in [5.41, 5.74) is 1.83. The van der Waals surface area contributed by atoms with Crippen molar-refractivity contribution in [2.45, 2.75) is 25.8 Å². The second kappa shape index (κ2) is 6.32. The molecule has 1 aromatic heterocycles. The first-order valence-corrected chi connectivity index (χ1v) is 8.26. The number of amides is 2. The molecule has 1 saturated heterocycles. The van der Waals surface area contributed by atoms with Crippen molar-refractivity contribution < 1.29 is 9.59 Å². The number of carbonyl (C=O) groups is 2. The fourth-order valence-corrected chi connectivity index (χ4v) is 3.43. The highest BCUT2D eigenvalue weighted by Gasteiger charge is 2.34. The van der Waals surface area contributed by atoms with E-state index in [1.165, 1.54) is 11.3 Å². The maximum atomic E-state index is 12.5. The van der Waals surface area contributed by atoms with Gasteiger partial charge >= 0.3 is 0 Å². The second-order valence-corrected chi connectivity index (χ2v) is 6.39. The summed E-state index contributed by atoms with van der Waals surface area (Å²) < 4.78 is 0. The maximum Gasteiger partial charge on any atom is 0.264 e. The predicted octanol–water partition coefficient (Wildman–Crippen LogP) is 3.30. The first kappa shape index (κ1) is 14.8. The molecular formula is C17H18N2O2S. The number of hydrogen-bond acceptors (Lipinski definition) is 3. The van der Waals surface area contributed by atoms with Gasteiger partial charge < -0.3 is 10.2 Å². The van der Waals surface area contributed by atoms with E-state index in [1.807, 2.05) is 48.7 Å². The fraction of sp³-hybridized carbons (Fsp3) is 0.294. The van der Waals surface area contributed by atoms with Crippen molar-refractivity contribution in [3.8, 4) is 0 Å². The molecule has 114 valence electrons. The summed E-state index contributed by atoms with van der Waals surface area (Å²) in [7, 11) is 0. The zero-order chi connectivity index (χ0) is 15.5. The predicted molar refractivity (Wildman–Crippen MR) is 88.2 cm³/mol. The Hall–Kier alpha value is -2.14. The van der Waals surface area contributed by atoms with Crippen LogP contribution in [0.3, 0.4) is 0 Å². The molecule has 1 N–H and O–H groups in total. The zero-order valence-corrected chi connectivity index (χ0v) is 13.2. The number of hydrogen-bond donors (Lipinski definition) is 1. The Bertz CT molecular complexity index is 682. The molecule has 1 aromatic carbocycles. The van der Waals surface area contributed by atoms with Crippen LogP contribution in [0.15, 0.2) is 41.8 Å². The van der Waals surface area contributed by atoms with Gasteiger partial charge in [-0.25, -0.2) is 0 Å². The van der Waals surface area contributed by atoms with E-state index < -0.39 is 0 Å². The van der Waals surface area contributed by atoms with Crippen LogP contribution in [0.5, 0.6) is 0 Å². The summed E-state index contributed by atoms with van der Waals surface area (Å²) in [5.74, 6) is -0.144. The number of para-hydroxylation sites is 1. The third-order valence-electron chi connectivity index (χ3n) is 3.95. The molecule has 1 fully saturated rings. The lowest BCUT2D eigenvalue weighted by Crippen LogP contribution is -2.43. The molecule has 0 aliphatic carbocycles. The van der Waals surface area contributed by atoms with Crippen LogP contribution in [0, 0.1) is 6.92 Å². The van der Waals surface area contributed by atoms with Crippen molar-refractivity contribution >= 4 is 28.8 Å². The van der Waals surface area contributed by atoms with Gasteiger partial charge in [0, 0.05) is 12.2 Å². The average molecular weight is 314 g/mol. The molecule has 1 aliphatic heterocycles. The van der Waals surface area contributed by atoms with Gasteiger partial charge in [0.15, 0.2) is 0 Å². The highest BCUT2D eigenvalue weighted by Crippen LogP contribution is 2.24. The molecule has 0 saturated carbocycles. The Labute approximate surface area is 133 Å². The van der Waals surface area contributed by atoms with Crippen molar-refractivity contribution in [1.82, 2.24) is 4.90 Å². The lowest BCUT2D eigenvalue weighted by molar-refractivity contribution is -0.119. The monoisotopic (exact) mass is 314 g/mol. The van der Waals surface area contributed by atoms with Gasteiger partial charge in [-0.2, -0.15) is 0 Å². The fourth-order valence-electron chi connectivity index (χ4n) is 2.75. The molecule has 2 heterocycles. The Morgan fingerprint density at radius 2 is 2.05 bits per heavy atom. The molecule has 22 heavy (non-hydrogen) atoms. The molecule has 3 rings (SSSR count). The second-order valence-electron chi connectivity index (χ2n) is 5.44. The minimum atomic E-state index is -0.380. The third kappa shape index (κ3) is 2.90. The normalized spacial score (nSPS) is 17.5. The Kier molecular flexibility index (Phi) is 4.24. The summed E-state index contributed by atoms with van der Waals surface area (Å²) in [4.78, 5) is 27.4. The summed E-state index contributed by atoms with van der Waals surface area (Å²) >= 11 is 1.42. The van der Waals surface area contributed by atoms with Gasteiger partial charge in [-0.05, 0) is 42.8 Å². The van der Waals surface area contributed by atoms with Crippen LogP contribution in [0.25, 0.3) is 0 Å². The molecule has 1 atom stereocenters. The highest BCUT2D eigenvalue weighted by molar-refractivity contribution is 7.12. The van der Waals surface area contributed by atoms with Crippen LogP contribution in [0.2, 0.25) is 0 Å². The molecule has 0 bridgehead atoms. The molecular weight excluding hydrogens is 296 g/mol. The van der Waals surface area contributed by atoms with E-state index >= 15 is 0 Å². The number of thiophene rings is 1. The van der Waals surface area contributed by atoms with Gasteiger partial charge in [0.1, 0.15) is 6.04 Å². The lowest BCUT2D eigenvalue weighted by atomic mass is 10.1. The minimum absolute atomic E-state index is 0.0440. The van der Waals surface area contributed by atoms with Crippen LogP contribution in [0.4, 0.5) is 5.69 Å². The van der Waals surface area contributed by atoms with E-state index in [4.69, 9.17) is 0 Å². The SMILES string of the molecule is Cc1ccccc1NC(=O)C1CCCN1C(=O)c1cccs1. The number of nitrogens with zero attached hydrogens (tertiary/aromatic N) is 1. The number of likely N-dealkylation sites (tertiary alicyclic amines) is 1. The van der Waals surface area contributed by atoms with Crippen LogP contribution < -0.4 is 5.32 Å². The molecule has 2 amide bonds. The van der Waals surface area contributed by atoms with Crippen molar-refractivity contribution in [3.63, 3.8) is 0 Å². The molecule has 0 spiro atoms. The molecule has 2 aromatic rings. The van der Waals surface area contributed by atoms with Crippen LogP contribution in [-0.4, -0.2) is 29.3 Å². The molecule has 4 nitrogen and oxygen atoms in total. The van der Waals surface area contributed by atoms with E-state index in [0.717, 1.165) is 24.1 Å². The topological polar surface area (TPSA) is 49.4 Å². The quantitative estimate of drug-likeness (QED) is 0.945. The van der Waals surface area contributed by atoms with Gasteiger partial charge in [-0.3, -0.25) is 9.59 Å². The molecule has 1 unspecified atom stereocenters. The number of carbonyl (C=O) groups excluding carboxylic acids is 2. The van der Waals surface area contributed by atoms with Gasteiger partial charge in [0.2, 0.25) is 5.91 Å². The van der Waals surface area contributed by atoms with Crippen LogP contribution >= 0.6 is 11.3 Å². The zero-order valence-electron chi connectivity index (χ0n) is 12.4. The maximum absolute atomic E-state index is 12.5. The van der Waals surface area contributed by atoms with Crippen molar-refractivity contribution in [3.05, 3.63) is 52.2 Å². The number of benzene rings is 1. The Morgan fingerprint density at radius 1 is 1.23 bits per heavy atom. The lowest BCUT2D eigenvalue weighted by Gasteiger charge is -2.23. The van der Waals surface area contributed by atoms with E-state index in [9.17, 15) is 9.59 Å². The third-order valence-corrected chi connectivity index (χ3v) is 4.81. The summed E-state index contributed by atoms with van der Waals surface area (Å²) in [5, 5.41) is 4.83. The number of nitrogens with one attached hydrogen (secondary N) is 1. The molecule has 1 aliphatic rings. The van der Waals surface area contributed by atoms with E-state index in [2.05, 4.69) is 5.32 Å². The Morgan fingerprint density at radius 3 is 2.77 bits per heavy atom. The first-order valence-electron chi connectivity index (χ1n) is 7.38. The van der Waals surface area contributed by atoms with Gasteiger partial charge in [-0.15, -0.1) is 11.3 Å². The number of rotatable bonds is 3. The Balaban J connectivity index is 1.74. The summed E-state index contributed by atoms with van der Waals surface area (Å²) in [6.07, 6.45) is 1.58. The standard InChI is InChI=1S/C17H18N2O2S/c1-12-6-2-3-7-13(12)18-16(20)14-8-4-10-19(14)17(21)15-9-5-11-22-15/h2-3,5-7,9,11,14H,4,8,10H2,1H3,(H,18,20). The number of aryl methyl sites for hydroxylation is 1. The van der Waals surface area contributed by atoms with E-state index in [1.54, 1.807) is 4.90 Å². The number of anilines is 1. The van der Waals surface area contributed by atoms with Crippen molar-refractivity contribution in [1.29, 1.82) is 0 Å². The largest absolute Gasteiger partial charge is 0.326 e. The molecule has 5 heteroatoms. The summed E-state index contributed by atoms with van der Waals surface area (Å²) in [6, 6.07) is 11.0. The highest BCUT2D eigenvalue weighted by atomic mass is 32.1. The smallest absolute Gasteiger partial charge is 0.264 e.